The van der Waals surface area contributed by atoms with E-state index in [0.29, 0.717) is 0 Å². The molecule has 0 bridgehead atoms. The lowest BCUT2D eigenvalue weighted by molar-refractivity contribution is 0.801. The number of anilines is 1. The van der Waals surface area contributed by atoms with E-state index in [1.165, 1.54) is 11.1 Å². The van der Waals surface area contributed by atoms with Crippen LogP contribution in [0.1, 0.15) is 16.8 Å². The van der Waals surface area contributed by atoms with Gasteiger partial charge in [-0.25, -0.2) is 4.98 Å². The molecule has 1 heterocycles. The number of benzene rings is 1. The van der Waals surface area contributed by atoms with Crippen molar-refractivity contribution >= 4 is 5.95 Å². The van der Waals surface area contributed by atoms with Gasteiger partial charge in [-0.2, -0.15) is 0 Å². The molecule has 94 valence electrons. The number of hydrogen-bond donors (Lipinski definition) is 1. The van der Waals surface area contributed by atoms with Gasteiger partial charge in [-0.15, -0.1) is 6.58 Å². The average Bonchev–Trinajstić information content (AvgIpc) is 2.67. The maximum absolute atomic E-state index is 4.47. The molecule has 0 aliphatic heterocycles. The first-order chi connectivity index (χ1) is 8.69. The van der Waals surface area contributed by atoms with E-state index in [-0.39, 0.29) is 0 Å². The summed E-state index contributed by atoms with van der Waals surface area (Å²) in [5, 5.41) is 3.25. The smallest absolute Gasteiger partial charge is 0.203 e. The lowest BCUT2D eigenvalue weighted by Crippen LogP contribution is -2.07. The zero-order valence-electron chi connectivity index (χ0n) is 11.0. The topological polar surface area (TPSA) is 29.9 Å². The molecule has 1 N–H and O–H groups in total. The van der Waals surface area contributed by atoms with Crippen LogP contribution in [0, 0.1) is 13.8 Å². The quantitative estimate of drug-likeness (QED) is 0.815. The van der Waals surface area contributed by atoms with Crippen molar-refractivity contribution in [1.82, 2.24) is 9.55 Å². The van der Waals surface area contributed by atoms with Gasteiger partial charge in [0.25, 0.3) is 0 Å². The Morgan fingerprint density at radius 1 is 1.39 bits per heavy atom. The largest absolute Gasteiger partial charge is 0.352 e. The van der Waals surface area contributed by atoms with E-state index in [1.54, 1.807) is 0 Å². The summed E-state index contributed by atoms with van der Waals surface area (Å²) in [4.78, 5) is 4.47. The highest BCUT2D eigenvalue weighted by Gasteiger charge is 2.05. The Kier molecular flexibility index (Phi) is 3.82. The molecule has 0 aliphatic carbocycles. The molecule has 2 aromatic rings. The first kappa shape index (κ1) is 12.4. The minimum absolute atomic E-state index is 0.726. The lowest BCUT2D eigenvalue weighted by atomic mass is 10.1. The number of rotatable bonds is 5. The second-order valence-electron chi connectivity index (χ2n) is 4.49. The van der Waals surface area contributed by atoms with Gasteiger partial charge in [0.2, 0.25) is 5.95 Å². The molecule has 0 spiro atoms. The summed E-state index contributed by atoms with van der Waals surface area (Å²) in [5.41, 5.74) is 3.59. The van der Waals surface area contributed by atoms with Crippen LogP contribution >= 0.6 is 0 Å². The van der Waals surface area contributed by atoms with Crippen LogP contribution in [0.25, 0.3) is 0 Å². The third-order valence-electron chi connectivity index (χ3n) is 2.74. The summed E-state index contributed by atoms with van der Waals surface area (Å²) in [6, 6.07) is 8.54. The lowest BCUT2D eigenvalue weighted by Gasteiger charge is -2.09. The highest BCUT2D eigenvalue weighted by Crippen LogP contribution is 2.13. The predicted molar refractivity (Wildman–Crippen MR) is 75.9 cm³/mol. The molecule has 0 unspecified atom stereocenters. The first-order valence-electron chi connectivity index (χ1n) is 6.13. The molecule has 0 radical (unpaired) electrons. The number of aromatic nitrogens is 2. The van der Waals surface area contributed by atoms with Gasteiger partial charge in [-0.05, 0) is 19.4 Å². The van der Waals surface area contributed by atoms with E-state index in [1.807, 2.05) is 13.0 Å². The minimum atomic E-state index is 0.726. The zero-order chi connectivity index (χ0) is 13.0. The third kappa shape index (κ3) is 3.00. The number of hydrogen-bond acceptors (Lipinski definition) is 2. The van der Waals surface area contributed by atoms with Crippen molar-refractivity contribution in [2.45, 2.75) is 20.4 Å². The van der Waals surface area contributed by atoms with E-state index in [4.69, 9.17) is 0 Å². The van der Waals surface area contributed by atoms with E-state index < -0.39 is 0 Å². The third-order valence-corrected chi connectivity index (χ3v) is 2.74. The number of nitrogens with zero attached hydrogens (tertiary/aromatic N) is 2. The van der Waals surface area contributed by atoms with Crippen LogP contribution in [0.15, 0.2) is 43.1 Å². The molecule has 3 heteroatoms. The maximum Gasteiger partial charge on any atom is 0.203 e. The Morgan fingerprint density at radius 2 is 2.22 bits per heavy atom. The van der Waals surface area contributed by atoms with Crippen molar-refractivity contribution in [3.05, 3.63) is 59.9 Å². The van der Waals surface area contributed by atoms with Crippen LogP contribution in [0.4, 0.5) is 5.95 Å². The van der Waals surface area contributed by atoms with E-state index in [2.05, 4.69) is 58.8 Å². The Bertz CT molecular complexity index is 540. The first-order valence-corrected chi connectivity index (χ1v) is 6.13. The molecule has 1 aromatic heterocycles. The van der Waals surface area contributed by atoms with Crippen molar-refractivity contribution < 1.29 is 0 Å². The maximum atomic E-state index is 4.47. The van der Waals surface area contributed by atoms with Gasteiger partial charge in [0, 0.05) is 12.7 Å². The SMILES string of the molecule is C=CCNc1nc(C)cn1Cc1cccc(C)c1. The van der Waals surface area contributed by atoms with Crippen LogP contribution in [0.3, 0.4) is 0 Å². The van der Waals surface area contributed by atoms with Crippen molar-refractivity contribution in [2.24, 2.45) is 0 Å². The molecule has 2 rings (SSSR count). The van der Waals surface area contributed by atoms with E-state index in [0.717, 1.165) is 24.7 Å². The highest BCUT2D eigenvalue weighted by atomic mass is 15.2. The van der Waals surface area contributed by atoms with Gasteiger partial charge in [-0.3, -0.25) is 0 Å². The fourth-order valence-corrected chi connectivity index (χ4v) is 1.98. The van der Waals surface area contributed by atoms with Crippen LogP contribution in [-0.2, 0) is 6.54 Å². The summed E-state index contributed by atoms with van der Waals surface area (Å²) in [5.74, 6) is 0.897. The molecule has 0 atom stereocenters. The number of imidazole rings is 1. The summed E-state index contributed by atoms with van der Waals surface area (Å²) in [6.07, 6.45) is 3.90. The Morgan fingerprint density at radius 3 is 2.94 bits per heavy atom. The van der Waals surface area contributed by atoms with Crippen molar-refractivity contribution in [3.8, 4) is 0 Å². The predicted octanol–water partition coefficient (Wildman–Crippen LogP) is 3.15. The van der Waals surface area contributed by atoms with E-state index in [9.17, 15) is 0 Å². The van der Waals surface area contributed by atoms with Gasteiger partial charge in [0.15, 0.2) is 0 Å². The Balaban J connectivity index is 2.20. The zero-order valence-corrected chi connectivity index (χ0v) is 11.0. The number of aryl methyl sites for hydroxylation is 2. The summed E-state index contributed by atoms with van der Waals surface area (Å²) < 4.78 is 2.13. The summed E-state index contributed by atoms with van der Waals surface area (Å²) in [6.45, 7) is 9.39. The minimum Gasteiger partial charge on any atom is -0.352 e. The van der Waals surface area contributed by atoms with Gasteiger partial charge in [-0.1, -0.05) is 35.9 Å². The average molecular weight is 241 g/mol. The molecule has 0 saturated carbocycles. The second kappa shape index (κ2) is 5.54. The molecule has 1 aromatic carbocycles. The van der Waals surface area contributed by atoms with Gasteiger partial charge in [0.05, 0.1) is 12.2 Å². The molecule has 18 heavy (non-hydrogen) atoms. The van der Waals surface area contributed by atoms with E-state index >= 15 is 0 Å². The standard InChI is InChI=1S/C15H19N3/c1-4-8-16-15-17-13(3)10-18(15)11-14-7-5-6-12(2)9-14/h4-7,9-10H,1,8,11H2,2-3H3,(H,16,17). The second-order valence-corrected chi connectivity index (χ2v) is 4.49. The fraction of sp³-hybridized carbons (Fsp3) is 0.267. The highest BCUT2D eigenvalue weighted by molar-refractivity contribution is 5.32. The Labute approximate surface area is 108 Å². The molecule has 3 nitrogen and oxygen atoms in total. The molecule has 0 amide bonds. The van der Waals surface area contributed by atoms with Gasteiger partial charge >= 0.3 is 0 Å². The molecule has 0 saturated heterocycles. The molecule has 0 fully saturated rings. The van der Waals surface area contributed by atoms with Crippen molar-refractivity contribution in [1.29, 1.82) is 0 Å². The summed E-state index contributed by atoms with van der Waals surface area (Å²) in [7, 11) is 0. The van der Waals surface area contributed by atoms with Crippen molar-refractivity contribution in [3.63, 3.8) is 0 Å². The van der Waals surface area contributed by atoms with Crippen LogP contribution in [0.5, 0.6) is 0 Å². The van der Waals surface area contributed by atoms with Crippen LogP contribution in [-0.4, -0.2) is 16.1 Å². The number of nitrogens with one attached hydrogen (secondary N) is 1. The molecular weight excluding hydrogens is 222 g/mol. The van der Waals surface area contributed by atoms with Gasteiger partial charge < -0.3 is 9.88 Å². The summed E-state index contributed by atoms with van der Waals surface area (Å²) >= 11 is 0. The van der Waals surface area contributed by atoms with Gasteiger partial charge in [0.1, 0.15) is 0 Å². The van der Waals surface area contributed by atoms with Crippen LogP contribution in [0.2, 0.25) is 0 Å². The van der Waals surface area contributed by atoms with Crippen LogP contribution < -0.4 is 5.32 Å². The fourth-order valence-electron chi connectivity index (χ4n) is 1.98. The molecular formula is C15H19N3. The Hall–Kier alpha value is -2.03. The van der Waals surface area contributed by atoms with Crippen molar-refractivity contribution in [2.75, 3.05) is 11.9 Å². The molecule has 0 aliphatic rings. The normalized spacial score (nSPS) is 10.3. The monoisotopic (exact) mass is 241 g/mol.